The predicted molar refractivity (Wildman–Crippen MR) is 80.3 cm³/mol. The van der Waals surface area contributed by atoms with Gasteiger partial charge in [0.15, 0.2) is 0 Å². The van der Waals surface area contributed by atoms with Crippen LogP contribution in [0.25, 0.3) is 11.4 Å². The molecule has 0 spiro atoms. The lowest BCUT2D eigenvalue weighted by molar-refractivity contribution is -0.114. The van der Waals surface area contributed by atoms with Gasteiger partial charge in [-0.1, -0.05) is 0 Å². The molecule has 2 aromatic heterocycles. The molecule has 0 amide bonds. The van der Waals surface area contributed by atoms with Crippen molar-refractivity contribution < 1.29 is 4.79 Å². The van der Waals surface area contributed by atoms with Crippen molar-refractivity contribution in [3.05, 3.63) is 29.0 Å². The van der Waals surface area contributed by atoms with Crippen LogP contribution in [0.5, 0.6) is 0 Å². The maximum Gasteiger partial charge on any atom is 0.147 e. The zero-order valence-electron chi connectivity index (χ0n) is 10.9. The molecule has 2 heterocycles. The third kappa shape index (κ3) is 2.74. The number of carbonyl (C=O) groups is 1. The van der Waals surface area contributed by atoms with Gasteiger partial charge in [0, 0.05) is 16.9 Å². The fourth-order valence-corrected chi connectivity index (χ4v) is 2.56. The van der Waals surface area contributed by atoms with E-state index in [2.05, 4.69) is 26.0 Å². The van der Waals surface area contributed by atoms with Gasteiger partial charge in [-0.15, -0.1) is 11.8 Å². The number of aldehydes is 1. The second kappa shape index (κ2) is 5.46. The van der Waals surface area contributed by atoms with Crippen LogP contribution in [0.4, 0.5) is 0 Å². The highest BCUT2D eigenvalue weighted by Gasteiger charge is 2.23. The van der Waals surface area contributed by atoms with Crippen LogP contribution >= 0.6 is 27.7 Å². The Labute approximate surface area is 124 Å². The van der Waals surface area contributed by atoms with Crippen LogP contribution in [0.3, 0.4) is 0 Å². The largest absolute Gasteiger partial charge is 0.301 e. The summed E-state index contributed by atoms with van der Waals surface area (Å²) in [5, 5.41) is 4.53. The fourth-order valence-electron chi connectivity index (χ4n) is 1.58. The maximum atomic E-state index is 11.1. The molecule has 0 N–H and O–H groups in total. The van der Waals surface area contributed by atoms with Gasteiger partial charge in [-0.3, -0.25) is 9.67 Å². The SMILES string of the molecule is CSc1cn(C(C)(C)C=O)nc1-c1ncccc1Br. The van der Waals surface area contributed by atoms with E-state index in [9.17, 15) is 4.79 Å². The normalized spacial score (nSPS) is 11.6. The molecule has 2 aromatic rings. The fraction of sp³-hybridized carbons (Fsp3) is 0.308. The van der Waals surface area contributed by atoms with Crippen molar-refractivity contribution in [2.75, 3.05) is 6.26 Å². The van der Waals surface area contributed by atoms with Crippen molar-refractivity contribution in [1.29, 1.82) is 0 Å². The lowest BCUT2D eigenvalue weighted by Gasteiger charge is -2.17. The molecule has 0 radical (unpaired) electrons. The average molecular weight is 340 g/mol. The standard InChI is InChI=1S/C13H14BrN3OS/c1-13(2,8-18)17-7-10(19-3)12(16-17)11-9(14)5-4-6-15-11/h4-8H,1-3H3. The van der Waals surface area contributed by atoms with E-state index in [1.54, 1.807) is 22.6 Å². The molecule has 0 fully saturated rings. The molecule has 6 heteroatoms. The molecule has 0 aliphatic rings. The summed E-state index contributed by atoms with van der Waals surface area (Å²) >= 11 is 5.07. The Morgan fingerprint density at radius 3 is 2.74 bits per heavy atom. The van der Waals surface area contributed by atoms with Gasteiger partial charge in [-0.05, 0) is 48.2 Å². The molecule has 0 aliphatic carbocycles. The molecule has 0 unspecified atom stereocenters. The third-order valence-corrected chi connectivity index (χ3v) is 4.14. The van der Waals surface area contributed by atoms with Crippen LogP contribution in [0.1, 0.15) is 13.8 Å². The molecule has 19 heavy (non-hydrogen) atoms. The molecule has 0 saturated heterocycles. The van der Waals surface area contributed by atoms with Crippen LogP contribution < -0.4 is 0 Å². The number of pyridine rings is 1. The van der Waals surface area contributed by atoms with Gasteiger partial charge in [0.1, 0.15) is 23.2 Å². The Hall–Kier alpha value is -1.14. The monoisotopic (exact) mass is 339 g/mol. The lowest BCUT2D eigenvalue weighted by Crippen LogP contribution is -2.28. The molecular formula is C13H14BrN3OS. The lowest BCUT2D eigenvalue weighted by atomic mass is 10.1. The van der Waals surface area contributed by atoms with E-state index in [4.69, 9.17) is 0 Å². The Morgan fingerprint density at radius 2 is 2.16 bits per heavy atom. The van der Waals surface area contributed by atoms with Crippen LogP contribution in [0.15, 0.2) is 33.9 Å². The number of halogens is 1. The number of aromatic nitrogens is 3. The first-order valence-electron chi connectivity index (χ1n) is 5.71. The van der Waals surface area contributed by atoms with Crippen molar-refractivity contribution in [2.45, 2.75) is 24.3 Å². The van der Waals surface area contributed by atoms with E-state index in [0.717, 1.165) is 27.0 Å². The first-order chi connectivity index (χ1) is 8.99. The molecule has 0 aromatic carbocycles. The smallest absolute Gasteiger partial charge is 0.147 e. The van der Waals surface area contributed by atoms with E-state index in [0.29, 0.717) is 0 Å². The van der Waals surface area contributed by atoms with E-state index in [-0.39, 0.29) is 0 Å². The van der Waals surface area contributed by atoms with E-state index in [1.165, 1.54) is 0 Å². The Bertz CT molecular complexity index is 610. The second-order valence-corrected chi connectivity index (χ2v) is 6.30. The molecule has 0 aliphatic heterocycles. The van der Waals surface area contributed by atoms with Crippen molar-refractivity contribution in [3.8, 4) is 11.4 Å². The van der Waals surface area contributed by atoms with Crippen LogP contribution in [0, 0.1) is 0 Å². The number of thioether (sulfide) groups is 1. The van der Waals surface area contributed by atoms with Gasteiger partial charge < -0.3 is 4.79 Å². The summed E-state index contributed by atoms with van der Waals surface area (Å²) in [5.74, 6) is 0. The summed E-state index contributed by atoms with van der Waals surface area (Å²) in [6.07, 6.45) is 6.49. The first kappa shape index (κ1) is 14.3. The molecule has 4 nitrogen and oxygen atoms in total. The first-order valence-corrected chi connectivity index (χ1v) is 7.72. The highest BCUT2D eigenvalue weighted by Crippen LogP contribution is 2.33. The minimum absolute atomic E-state index is 0.663. The Balaban J connectivity index is 2.59. The van der Waals surface area contributed by atoms with Crippen LogP contribution in [-0.2, 0) is 10.3 Å². The van der Waals surface area contributed by atoms with E-state index >= 15 is 0 Å². The van der Waals surface area contributed by atoms with Crippen LogP contribution in [0.2, 0.25) is 0 Å². The van der Waals surface area contributed by atoms with Crippen molar-refractivity contribution in [1.82, 2.24) is 14.8 Å². The van der Waals surface area contributed by atoms with Gasteiger partial charge in [0.05, 0.1) is 4.90 Å². The van der Waals surface area contributed by atoms with E-state index < -0.39 is 5.54 Å². The number of hydrogen-bond donors (Lipinski definition) is 0. The topological polar surface area (TPSA) is 47.8 Å². The Kier molecular flexibility index (Phi) is 4.10. The van der Waals surface area contributed by atoms with Crippen LogP contribution in [-0.4, -0.2) is 27.3 Å². The third-order valence-electron chi connectivity index (χ3n) is 2.76. The number of hydrogen-bond acceptors (Lipinski definition) is 4. The minimum atomic E-state index is -0.663. The number of nitrogens with zero attached hydrogens (tertiary/aromatic N) is 3. The molecule has 0 bridgehead atoms. The average Bonchev–Trinajstić information content (AvgIpc) is 2.84. The summed E-state index contributed by atoms with van der Waals surface area (Å²) in [4.78, 5) is 16.5. The minimum Gasteiger partial charge on any atom is -0.301 e. The van der Waals surface area contributed by atoms with Gasteiger partial charge in [0.25, 0.3) is 0 Å². The molecular weight excluding hydrogens is 326 g/mol. The zero-order valence-corrected chi connectivity index (χ0v) is 13.3. The maximum absolute atomic E-state index is 11.1. The summed E-state index contributed by atoms with van der Waals surface area (Å²) in [7, 11) is 0. The second-order valence-electron chi connectivity index (χ2n) is 4.60. The molecule has 0 atom stereocenters. The Morgan fingerprint density at radius 1 is 1.42 bits per heavy atom. The predicted octanol–water partition coefficient (Wildman–Crippen LogP) is 3.36. The van der Waals surface area contributed by atoms with Gasteiger partial charge in [-0.2, -0.15) is 5.10 Å². The van der Waals surface area contributed by atoms with Gasteiger partial charge in [-0.25, -0.2) is 0 Å². The van der Waals surface area contributed by atoms with Crippen molar-refractivity contribution in [2.24, 2.45) is 0 Å². The quantitative estimate of drug-likeness (QED) is 0.633. The van der Waals surface area contributed by atoms with Gasteiger partial charge >= 0.3 is 0 Å². The number of rotatable bonds is 4. The molecule has 0 saturated carbocycles. The highest BCUT2D eigenvalue weighted by molar-refractivity contribution is 9.10. The number of carbonyl (C=O) groups excluding carboxylic acids is 1. The molecule has 100 valence electrons. The van der Waals surface area contributed by atoms with Crippen molar-refractivity contribution >= 4 is 34.0 Å². The van der Waals surface area contributed by atoms with E-state index in [1.807, 2.05) is 38.4 Å². The van der Waals surface area contributed by atoms with Crippen molar-refractivity contribution in [3.63, 3.8) is 0 Å². The van der Waals surface area contributed by atoms with Gasteiger partial charge in [0.2, 0.25) is 0 Å². The summed E-state index contributed by atoms with van der Waals surface area (Å²) < 4.78 is 2.57. The summed E-state index contributed by atoms with van der Waals surface area (Å²) in [6, 6.07) is 3.79. The summed E-state index contributed by atoms with van der Waals surface area (Å²) in [5.41, 5.74) is 0.909. The highest BCUT2D eigenvalue weighted by atomic mass is 79.9. The molecule has 2 rings (SSSR count). The summed E-state index contributed by atoms with van der Waals surface area (Å²) in [6.45, 7) is 3.66. The zero-order chi connectivity index (χ0) is 14.0.